The van der Waals surface area contributed by atoms with Crippen LogP contribution in [-0.2, 0) is 14.3 Å². The maximum absolute atomic E-state index is 12.3. The Labute approximate surface area is 200 Å². The minimum absolute atomic E-state index is 0.0241. The van der Waals surface area contributed by atoms with Gasteiger partial charge in [-0.2, -0.15) is 0 Å². The van der Waals surface area contributed by atoms with Gasteiger partial charge in [0, 0.05) is 18.9 Å². The van der Waals surface area contributed by atoms with Gasteiger partial charge in [0.1, 0.15) is 12.6 Å². The van der Waals surface area contributed by atoms with Gasteiger partial charge in [0.05, 0.1) is 0 Å². The molecule has 7 nitrogen and oxygen atoms in total. The Morgan fingerprint density at radius 3 is 2.09 bits per heavy atom. The Morgan fingerprint density at radius 1 is 0.941 bits per heavy atom. The number of hydrogen-bond acceptors (Lipinski definition) is 4. The molecule has 7 heteroatoms. The van der Waals surface area contributed by atoms with Crippen LogP contribution in [0.5, 0.6) is 0 Å². The Morgan fingerprint density at radius 2 is 1.53 bits per heavy atom. The van der Waals surface area contributed by atoms with Gasteiger partial charge in [-0.05, 0) is 46.9 Å². The minimum Gasteiger partial charge on any atom is -0.480 e. The van der Waals surface area contributed by atoms with Gasteiger partial charge in [-0.15, -0.1) is 0 Å². The molecule has 2 aromatic carbocycles. The third-order valence-electron chi connectivity index (χ3n) is 6.36. The van der Waals surface area contributed by atoms with E-state index in [-0.39, 0.29) is 36.7 Å². The highest BCUT2D eigenvalue weighted by atomic mass is 16.5. The van der Waals surface area contributed by atoms with Crippen LogP contribution in [0, 0.1) is 11.8 Å². The first-order valence-corrected chi connectivity index (χ1v) is 11.9. The summed E-state index contributed by atoms with van der Waals surface area (Å²) in [5.41, 5.74) is 4.72. The lowest BCUT2D eigenvalue weighted by molar-refractivity contribution is -0.143. The number of ether oxygens (including phenoxy) is 1. The maximum atomic E-state index is 12.3. The van der Waals surface area contributed by atoms with E-state index >= 15 is 0 Å². The van der Waals surface area contributed by atoms with Crippen molar-refractivity contribution in [2.45, 2.75) is 52.0 Å². The van der Waals surface area contributed by atoms with Crippen LogP contribution in [0.25, 0.3) is 11.1 Å². The summed E-state index contributed by atoms with van der Waals surface area (Å²) in [6.07, 6.45) is 1.11. The highest BCUT2D eigenvalue weighted by Crippen LogP contribution is 2.44. The Balaban J connectivity index is 1.38. The quantitative estimate of drug-likeness (QED) is 0.450. The molecule has 2 amide bonds. The lowest BCUT2D eigenvalue weighted by Gasteiger charge is -2.18. The molecule has 3 N–H and O–H groups in total. The summed E-state index contributed by atoms with van der Waals surface area (Å²) in [6.45, 7) is 6.25. The maximum Gasteiger partial charge on any atom is 0.407 e. The molecule has 0 bridgehead atoms. The van der Waals surface area contributed by atoms with Gasteiger partial charge in [0.2, 0.25) is 5.91 Å². The molecule has 0 fully saturated rings. The van der Waals surface area contributed by atoms with E-state index in [0.717, 1.165) is 0 Å². The number of carbonyl (C=O) groups is 3. The molecule has 1 aliphatic rings. The van der Waals surface area contributed by atoms with E-state index in [2.05, 4.69) is 34.9 Å². The topological polar surface area (TPSA) is 105 Å². The van der Waals surface area contributed by atoms with E-state index in [0.29, 0.717) is 19.4 Å². The van der Waals surface area contributed by atoms with Gasteiger partial charge in [-0.1, -0.05) is 69.3 Å². The third kappa shape index (κ3) is 6.37. The second-order valence-electron chi connectivity index (χ2n) is 9.31. The molecule has 3 rings (SSSR count). The third-order valence-corrected chi connectivity index (χ3v) is 6.36. The van der Waals surface area contributed by atoms with E-state index in [9.17, 15) is 19.5 Å². The Bertz CT molecular complexity index is 974. The molecule has 2 atom stereocenters. The molecule has 0 aliphatic heterocycles. The first-order valence-electron chi connectivity index (χ1n) is 11.9. The van der Waals surface area contributed by atoms with Gasteiger partial charge in [0.25, 0.3) is 0 Å². The number of benzene rings is 2. The van der Waals surface area contributed by atoms with E-state index in [1.807, 2.05) is 31.2 Å². The first kappa shape index (κ1) is 25.3. The summed E-state index contributed by atoms with van der Waals surface area (Å²) < 4.78 is 5.54. The largest absolute Gasteiger partial charge is 0.480 e. The molecule has 0 saturated carbocycles. The molecular weight excluding hydrogens is 432 g/mol. The summed E-state index contributed by atoms with van der Waals surface area (Å²) >= 11 is 0. The summed E-state index contributed by atoms with van der Waals surface area (Å²) in [5, 5.41) is 14.6. The number of carboxylic acids is 1. The van der Waals surface area contributed by atoms with Crippen LogP contribution < -0.4 is 10.6 Å². The standard InChI is InChI=1S/C27H34N2O5/c1-17(2)25(26(31)32)29-24(30)13-12-18(3)14-15-28-27(33)34-16-23-21-10-6-4-8-19(21)20-9-5-7-11-22(20)23/h4-11,17-18,23,25H,12-16H2,1-3H3,(H,28,33)(H,29,30)(H,31,32). The average Bonchev–Trinajstić information content (AvgIpc) is 3.13. The van der Waals surface area contributed by atoms with E-state index in [1.165, 1.54) is 22.3 Å². The Hall–Kier alpha value is -3.35. The number of carbonyl (C=O) groups excluding carboxylic acids is 2. The molecule has 1 aliphatic carbocycles. The smallest absolute Gasteiger partial charge is 0.407 e. The molecule has 0 spiro atoms. The van der Waals surface area contributed by atoms with Crippen LogP contribution in [0.15, 0.2) is 48.5 Å². The molecule has 0 aromatic heterocycles. The second kappa shape index (κ2) is 11.7. The molecular formula is C27H34N2O5. The zero-order chi connectivity index (χ0) is 24.7. The lowest BCUT2D eigenvalue weighted by Crippen LogP contribution is -2.44. The molecule has 2 unspecified atom stereocenters. The van der Waals surface area contributed by atoms with Crippen molar-refractivity contribution in [2.24, 2.45) is 11.8 Å². The SMILES string of the molecule is CC(CCNC(=O)OCC1c2ccccc2-c2ccccc21)CCC(=O)NC(C(=O)O)C(C)C. The highest BCUT2D eigenvalue weighted by molar-refractivity contribution is 5.83. The molecule has 0 saturated heterocycles. The van der Waals surface area contributed by atoms with Gasteiger partial charge >= 0.3 is 12.1 Å². The fourth-order valence-corrected chi connectivity index (χ4v) is 4.35. The summed E-state index contributed by atoms with van der Waals surface area (Å²) in [5.74, 6) is -1.25. The average molecular weight is 467 g/mol. The summed E-state index contributed by atoms with van der Waals surface area (Å²) in [4.78, 5) is 35.5. The number of hydrogen-bond donors (Lipinski definition) is 3. The number of nitrogens with one attached hydrogen (secondary N) is 2. The van der Waals surface area contributed by atoms with Crippen molar-refractivity contribution in [2.75, 3.05) is 13.2 Å². The molecule has 0 radical (unpaired) electrons. The summed E-state index contributed by atoms with van der Waals surface area (Å²) in [6, 6.07) is 15.5. The van der Waals surface area contributed by atoms with Crippen LogP contribution in [0.2, 0.25) is 0 Å². The molecule has 34 heavy (non-hydrogen) atoms. The van der Waals surface area contributed by atoms with Gasteiger partial charge in [0.15, 0.2) is 0 Å². The first-order chi connectivity index (χ1) is 16.3. The highest BCUT2D eigenvalue weighted by Gasteiger charge is 2.29. The summed E-state index contributed by atoms with van der Waals surface area (Å²) in [7, 11) is 0. The number of carboxylic acid groups (broad SMARTS) is 1. The van der Waals surface area contributed by atoms with E-state index in [1.54, 1.807) is 13.8 Å². The van der Waals surface area contributed by atoms with Gasteiger partial charge in [-0.25, -0.2) is 9.59 Å². The number of rotatable bonds is 11. The number of alkyl carbamates (subject to hydrolysis) is 1. The molecule has 182 valence electrons. The predicted molar refractivity (Wildman–Crippen MR) is 130 cm³/mol. The van der Waals surface area contributed by atoms with Crippen LogP contribution in [0.4, 0.5) is 4.79 Å². The fraction of sp³-hybridized carbons (Fsp3) is 0.444. The molecule has 0 heterocycles. The number of fused-ring (bicyclic) bond motifs is 3. The van der Waals surface area contributed by atoms with Gasteiger partial charge < -0.3 is 20.5 Å². The van der Waals surface area contributed by atoms with E-state index < -0.39 is 18.1 Å². The Kier molecular flexibility index (Phi) is 8.68. The van der Waals surface area contributed by atoms with Crippen molar-refractivity contribution in [3.8, 4) is 11.1 Å². The fourth-order valence-electron chi connectivity index (χ4n) is 4.35. The van der Waals surface area contributed by atoms with Crippen LogP contribution in [0.1, 0.15) is 57.1 Å². The van der Waals surface area contributed by atoms with Crippen molar-refractivity contribution in [1.29, 1.82) is 0 Å². The van der Waals surface area contributed by atoms with Crippen molar-refractivity contribution < 1.29 is 24.2 Å². The lowest BCUT2D eigenvalue weighted by atomic mass is 9.98. The van der Waals surface area contributed by atoms with Crippen molar-refractivity contribution in [1.82, 2.24) is 10.6 Å². The van der Waals surface area contributed by atoms with Crippen molar-refractivity contribution in [3.05, 3.63) is 59.7 Å². The number of aliphatic carboxylic acids is 1. The van der Waals surface area contributed by atoms with Crippen LogP contribution >= 0.6 is 0 Å². The molecule has 2 aromatic rings. The normalized spacial score (nSPS) is 14.1. The van der Waals surface area contributed by atoms with Crippen LogP contribution in [-0.4, -0.2) is 42.3 Å². The number of amides is 2. The minimum atomic E-state index is -1.02. The second-order valence-corrected chi connectivity index (χ2v) is 9.31. The predicted octanol–water partition coefficient (Wildman–Crippen LogP) is 4.56. The monoisotopic (exact) mass is 466 g/mol. The zero-order valence-corrected chi connectivity index (χ0v) is 20.0. The van der Waals surface area contributed by atoms with Gasteiger partial charge in [-0.3, -0.25) is 4.79 Å². The van der Waals surface area contributed by atoms with Crippen molar-refractivity contribution in [3.63, 3.8) is 0 Å². The zero-order valence-electron chi connectivity index (χ0n) is 20.0. The van der Waals surface area contributed by atoms with Crippen molar-refractivity contribution >= 4 is 18.0 Å². The van der Waals surface area contributed by atoms with E-state index in [4.69, 9.17) is 4.74 Å². The van der Waals surface area contributed by atoms with Crippen LogP contribution in [0.3, 0.4) is 0 Å².